The number of benzene rings is 1. The molecule has 0 spiro atoms. The van der Waals surface area contributed by atoms with Crippen LogP contribution in [0.15, 0.2) is 41.4 Å². The van der Waals surface area contributed by atoms with E-state index in [0.29, 0.717) is 17.1 Å². The fraction of sp³-hybridized carbons (Fsp3) is 0.167. The molecule has 1 amide bonds. The predicted molar refractivity (Wildman–Crippen MR) is 66.3 cm³/mol. The molecule has 1 rings (SSSR count). The second-order valence-electron chi connectivity index (χ2n) is 3.43. The van der Waals surface area contributed by atoms with Crippen LogP contribution in [0.3, 0.4) is 0 Å². The number of nitrogens with zero attached hydrogens (tertiary/aromatic N) is 1. The summed E-state index contributed by atoms with van der Waals surface area (Å²) in [6, 6.07) is 7.12. The number of amides is 1. The third-order valence-electron chi connectivity index (χ3n) is 2.03. The number of anilines is 1. The summed E-state index contributed by atoms with van der Waals surface area (Å²) in [5.74, 6) is 0.269. The summed E-state index contributed by atoms with van der Waals surface area (Å²) in [6.07, 6.45) is 0. The van der Waals surface area contributed by atoms with E-state index < -0.39 is 0 Å². The van der Waals surface area contributed by atoms with Gasteiger partial charge in [0.1, 0.15) is 5.84 Å². The monoisotopic (exact) mass is 217 g/mol. The Morgan fingerprint density at radius 3 is 2.38 bits per heavy atom. The number of rotatable bonds is 2. The number of hydrogen-bond donors (Lipinski definition) is 2. The fourth-order valence-electron chi connectivity index (χ4n) is 1.11. The molecule has 4 heteroatoms. The molecule has 1 aromatic rings. The zero-order valence-electron chi connectivity index (χ0n) is 9.45. The average molecular weight is 217 g/mol. The highest BCUT2D eigenvalue weighted by Gasteiger charge is 2.07. The van der Waals surface area contributed by atoms with Gasteiger partial charge in [-0.1, -0.05) is 6.58 Å². The highest BCUT2D eigenvalue weighted by Crippen LogP contribution is 2.06. The molecule has 0 aliphatic rings. The molecule has 0 heterocycles. The lowest BCUT2D eigenvalue weighted by Gasteiger charge is -2.08. The van der Waals surface area contributed by atoms with Gasteiger partial charge in [0.05, 0.1) is 0 Å². The Kier molecular flexibility index (Phi) is 3.83. The molecule has 0 unspecified atom stereocenters. The van der Waals surface area contributed by atoms with Crippen molar-refractivity contribution in [1.29, 1.82) is 0 Å². The van der Waals surface area contributed by atoms with Gasteiger partial charge in [-0.3, -0.25) is 9.79 Å². The number of nitrogen functional groups attached to an aromatic ring is 1. The van der Waals surface area contributed by atoms with Gasteiger partial charge in [-0.15, -0.1) is 0 Å². The third-order valence-corrected chi connectivity index (χ3v) is 2.03. The van der Waals surface area contributed by atoms with E-state index in [1.165, 1.54) is 0 Å². The Morgan fingerprint density at radius 2 is 1.94 bits per heavy atom. The first-order valence-corrected chi connectivity index (χ1v) is 4.84. The minimum absolute atomic E-state index is 0.238. The lowest BCUT2D eigenvalue weighted by molar-refractivity contribution is -0.116. The largest absolute Gasteiger partial charge is 0.399 e. The molecule has 0 atom stereocenters. The highest BCUT2D eigenvalue weighted by molar-refractivity contribution is 6.12. The van der Waals surface area contributed by atoms with Gasteiger partial charge in [-0.05, 0) is 31.2 Å². The number of nitrogens with one attached hydrogen (secondary N) is 1. The van der Waals surface area contributed by atoms with Crippen LogP contribution in [0.5, 0.6) is 0 Å². The average Bonchev–Trinajstić information content (AvgIpc) is 2.26. The van der Waals surface area contributed by atoms with E-state index in [2.05, 4.69) is 16.9 Å². The van der Waals surface area contributed by atoms with E-state index in [9.17, 15) is 4.79 Å². The van der Waals surface area contributed by atoms with Gasteiger partial charge in [-0.2, -0.15) is 0 Å². The smallest absolute Gasteiger partial charge is 0.251 e. The first kappa shape index (κ1) is 12.0. The van der Waals surface area contributed by atoms with E-state index in [-0.39, 0.29) is 5.91 Å². The van der Waals surface area contributed by atoms with Crippen molar-refractivity contribution in [2.24, 2.45) is 4.99 Å². The van der Waals surface area contributed by atoms with Crippen molar-refractivity contribution >= 4 is 17.4 Å². The second-order valence-corrected chi connectivity index (χ2v) is 3.43. The molecule has 0 saturated heterocycles. The number of amidine groups is 1. The van der Waals surface area contributed by atoms with Gasteiger partial charge in [0, 0.05) is 23.9 Å². The van der Waals surface area contributed by atoms with E-state index in [0.717, 1.165) is 5.56 Å². The summed E-state index contributed by atoms with van der Waals surface area (Å²) in [6.45, 7) is 5.21. The molecule has 16 heavy (non-hydrogen) atoms. The molecule has 1 aromatic carbocycles. The standard InChI is InChI=1S/C12H15N3O/c1-8(2)12(16)15-11(14-3)9-4-6-10(13)7-5-9/h4-7H,1,13H2,2-3H3,(H,14,15,16). The van der Waals surface area contributed by atoms with Crippen LogP contribution in [0, 0.1) is 0 Å². The summed E-state index contributed by atoms with van der Waals surface area (Å²) >= 11 is 0. The first-order chi connectivity index (χ1) is 7.54. The van der Waals surface area contributed by atoms with Crippen LogP contribution in [0.1, 0.15) is 12.5 Å². The van der Waals surface area contributed by atoms with Crippen molar-refractivity contribution in [3.05, 3.63) is 42.0 Å². The van der Waals surface area contributed by atoms with Crippen LogP contribution >= 0.6 is 0 Å². The predicted octanol–water partition coefficient (Wildman–Crippen LogP) is 1.34. The lowest BCUT2D eigenvalue weighted by Crippen LogP contribution is -2.31. The molecular weight excluding hydrogens is 202 g/mol. The van der Waals surface area contributed by atoms with Crippen molar-refractivity contribution in [2.45, 2.75) is 6.92 Å². The molecule has 0 aliphatic carbocycles. The molecule has 0 aromatic heterocycles. The molecule has 3 N–H and O–H groups in total. The summed E-state index contributed by atoms with van der Waals surface area (Å²) in [7, 11) is 1.62. The molecule has 0 fully saturated rings. The quantitative estimate of drug-likeness (QED) is 0.340. The SMILES string of the molecule is C=C(C)C(=O)N/C(=N/C)c1ccc(N)cc1. The Bertz CT molecular complexity index is 432. The normalized spacial score (nSPS) is 11.0. The van der Waals surface area contributed by atoms with Crippen molar-refractivity contribution in [2.75, 3.05) is 12.8 Å². The number of aliphatic imine (C=N–C) groups is 1. The molecule has 0 bridgehead atoms. The zero-order valence-corrected chi connectivity index (χ0v) is 9.45. The van der Waals surface area contributed by atoms with Crippen LogP contribution in [0.4, 0.5) is 5.69 Å². The topological polar surface area (TPSA) is 67.5 Å². The minimum Gasteiger partial charge on any atom is -0.399 e. The van der Waals surface area contributed by atoms with E-state index in [1.807, 2.05) is 0 Å². The van der Waals surface area contributed by atoms with Crippen LogP contribution in [-0.2, 0) is 4.79 Å². The van der Waals surface area contributed by atoms with Crippen LogP contribution < -0.4 is 11.1 Å². The van der Waals surface area contributed by atoms with Crippen LogP contribution in [-0.4, -0.2) is 18.8 Å². The highest BCUT2D eigenvalue weighted by atomic mass is 16.1. The lowest BCUT2D eigenvalue weighted by atomic mass is 10.2. The molecule has 84 valence electrons. The second kappa shape index (κ2) is 5.11. The van der Waals surface area contributed by atoms with Gasteiger partial charge in [-0.25, -0.2) is 0 Å². The van der Waals surface area contributed by atoms with Crippen molar-refractivity contribution < 1.29 is 4.79 Å². The van der Waals surface area contributed by atoms with Crippen molar-refractivity contribution in [1.82, 2.24) is 5.32 Å². The third kappa shape index (κ3) is 2.95. The van der Waals surface area contributed by atoms with Gasteiger partial charge in [0.15, 0.2) is 0 Å². The van der Waals surface area contributed by atoms with Gasteiger partial charge < -0.3 is 11.1 Å². The zero-order chi connectivity index (χ0) is 12.1. The van der Waals surface area contributed by atoms with Crippen molar-refractivity contribution in [3.8, 4) is 0 Å². The Hall–Kier alpha value is -2.10. The van der Waals surface area contributed by atoms with Crippen molar-refractivity contribution in [3.63, 3.8) is 0 Å². The summed E-state index contributed by atoms with van der Waals surface area (Å²) in [5.41, 5.74) is 7.50. The Labute approximate surface area is 94.9 Å². The van der Waals surface area contributed by atoms with Crippen LogP contribution in [0.25, 0.3) is 0 Å². The van der Waals surface area contributed by atoms with Gasteiger partial charge in [0.25, 0.3) is 5.91 Å². The van der Waals surface area contributed by atoms with E-state index in [4.69, 9.17) is 5.73 Å². The molecule has 0 aliphatic heterocycles. The molecule has 4 nitrogen and oxygen atoms in total. The number of nitrogens with two attached hydrogens (primary N) is 1. The minimum atomic E-state index is -0.238. The molecule has 0 saturated carbocycles. The van der Waals surface area contributed by atoms with E-state index >= 15 is 0 Å². The molecule has 0 radical (unpaired) electrons. The maximum Gasteiger partial charge on any atom is 0.251 e. The maximum absolute atomic E-state index is 11.4. The fourth-order valence-corrected chi connectivity index (χ4v) is 1.11. The summed E-state index contributed by atoms with van der Waals surface area (Å²) in [4.78, 5) is 15.4. The summed E-state index contributed by atoms with van der Waals surface area (Å²) < 4.78 is 0. The first-order valence-electron chi connectivity index (χ1n) is 4.84. The van der Waals surface area contributed by atoms with Gasteiger partial charge in [0.2, 0.25) is 0 Å². The molecular formula is C12H15N3O. The Balaban J connectivity index is 2.88. The van der Waals surface area contributed by atoms with Gasteiger partial charge >= 0.3 is 0 Å². The number of carbonyl (C=O) groups is 1. The van der Waals surface area contributed by atoms with Crippen LogP contribution in [0.2, 0.25) is 0 Å². The summed E-state index contributed by atoms with van der Waals surface area (Å²) in [5, 5.41) is 2.67. The number of hydrogen-bond acceptors (Lipinski definition) is 3. The maximum atomic E-state index is 11.4. The Morgan fingerprint density at radius 1 is 1.38 bits per heavy atom. The number of carbonyl (C=O) groups excluding carboxylic acids is 1. The van der Waals surface area contributed by atoms with E-state index in [1.54, 1.807) is 38.2 Å².